The maximum Gasteiger partial charge on any atom is 0.414 e. The lowest BCUT2D eigenvalue weighted by Crippen LogP contribution is -2.29. The molecule has 0 spiro atoms. The fraction of sp³-hybridized carbons (Fsp3) is 0.111. The van der Waals surface area contributed by atoms with Crippen LogP contribution in [-0.2, 0) is 13.6 Å². The van der Waals surface area contributed by atoms with Crippen molar-refractivity contribution in [1.29, 1.82) is 0 Å². The Labute approximate surface area is 137 Å². The molecule has 0 aliphatic carbocycles. The number of nitrogens with zero attached hydrogens (tertiary/aromatic N) is 2. The van der Waals surface area contributed by atoms with E-state index in [0.29, 0.717) is 16.8 Å². The number of rotatable bonds is 2. The number of hydrogen-bond donors (Lipinski definition) is 2. The first-order valence-electron chi connectivity index (χ1n) is 7.53. The Balaban J connectivity index is 1.72. The number of aryl methyl sites for hydroxylation is 1. The van der Waals surface area contributed by atoms with E-state index in [1.807, 2.05) is 48.1 Å². The molecule has 24 heavy (non-hydrogen) atoms. The van der Waals surface area contributed by atoms with Gasteiger partial charge in [0.15, 0.2) is 0 Å². The Morgan fingerprint density at radius 1 is 1.21 bits per heavy atom. The zero-order valence-corrected chi connectivity index (χ0v) is 13.0. The molecule has 6 nitrogen and oxygen atoms in total. The molecule has 0 saturated carbocycles. The Morgan fingerprint density at radius 3 is 2.83 bits per heavy atom. The Hall–Kier alpha value is -3.28. The van der Waals surface area contributed by atoms with Crippen molar-refractivity contribution < 1.29 is 14.7 Å². The number of benzene rings is 2. The molecule has 0 unspecified atom stereocenters. The van der Waals surface area contributed by atoms with E-state index in [4.69, 9.17) is 5.11 Å². The average Bonchev–Trinajstić information content (AvgIpc) is 3.09. The summed E-state index contributed by atoms with van der Waals surface area (Å²) >= 11 is 0. The zero-order chi connectivity index (χ0) is 16.8. The molecular weight excluding hydrogens is 306 g/mol. The summed E-state index contributed by atoms with van der Waals surface area (Å²) in [6, 6.07) is 13.4. The smallest absolute Gasteiger partial charge is 0.414 e. The average molecular weight is 321 g/mol. The van der Waals surface area contributed by atoms with Gasteiger partial charge in [0.05, 0.1) is 17.8 Å². The molecule has 120 valence electrons. The summed E-state index contributed by atoms with van der Waals surface area (Å²) in [5.74, 6) is -0.485. The number of hydrogen-bond acceptors (Lipinski definition) is 3. The molecule has 6 heteroatoms. The third kappa shape index (κ3) is 2.11. The van der Waals surface area contributed by atoms with Gasteiger partial charge in [-0.3, -0.25) is 4.79 Å². The molecule has 2 N–H and O–H groups in total. The van der Waals surface area contributed by atoms with E-state index in [1.165, 1.54) is 0 Å². The van der Waals surface area contributed by atoms with Crippen molar-refractivity contribution in [3.8, 4) is 0 Å². The van der Waals surface area contributed by atoms with Crippen LogP contribution in [0.3, 0.4) is 0 Å². The van der Waals surface area contributed by atoms with Crippen LogP contribution in [0.25, 0.3) is 10.9 Å². The normalized spacial score (nSPS) is 13.4. The molecule has 3 aromatic rings. The van der Waals surface area contributed by atoms with Crippen molar-refractivity contribution in [3.05, 3.63) is 59.8 Å². The highest BCUT2D eigenvalue weighted by Crippen LogP contribution is 2.32. The van der Waals surface area contributed by atoms with Gasteiger partial charge >= 0.3 is 6.09 Å². The number of amides is 2. The van der Waals surface area contributed by atoms with E-state index in [2.05, 4.69) is 5.32 Å². The molecular formula is C18H15N3O3. The number of nitrogens with one attached hydrogen (secondary N) is 1. The molecule has 4 rings (SSSR count). The van der Waals surface area contributed by atoms with Gasteiger partial charge in [0.2, 0.25) is 0 Å². The van der Waals surface area contributed by atoms with Crippen LogP contribution in [0, 0.1) is 0 Å². The maximum absolute atomic E-state index is 12.4. The van der Waals surface area contributed by atoms with Crippen LogP contribution in [0.15, 0.2) is 48.7 Å². The van der Waals surface area contributed by atoms with Crippen molar-refractivity contribution in [3.63, 3.8) is 0 Å². The minimum absolute atomic E-state index is 0.0940. The SMILES string of the molecule is Cn1ccc2cc(Nc3cccc4c3C(=O)N(C(=O)O)C4)ccc21. The third-order valence-corrected chi connectivity index (χ3v) is 4.33. The van der Waals surface area contributed by atoms with Crippen molar-refractivity contribution in [2.24, 2.45) is 7.05 Å². The van der Waals surface area contributed by atoms with E-state index >= 15 is 0 Å². The van der Waals surface area contributed by atoms with E-state index < -0.39 is 12.0 Å². The highest BCUT2D eigenvalue weighted by molar-refractivity contribution is 6.10. The zero-order valence-electron chi connectivity index (χ0n) is 13.0. The molecule has 1 aliphatic heterocycles. The first-order valence-corrected chi connectivity index (χ1v) is 7.53. The van der Waals surface area contributed by atoms with Crippen molar-refractivity contribution >= 4 is 34.3 Å². The Bertz CT molecular complexity index is 990. The van der Waals surface area contributed by atoms with Crippen molar-refractivity contribution in [1.82, 2.24) is 9.47 Å². The molecule has 2 aromatic carbocycles. The van der Waals surface area contributed by atoms with Crippen LogP contribution in [0.1, 0.15) is 15.9 Å². The van der Waals surface area contributed by atoms with Crippen LogP contribution in [0.5, 0.6) is 0 Å². The monoisotopic (exact) mass is 321 g/mol. The van der Waals surface area contributed by atoms with Gasteiger partial charge in [-0.2, -0.15) is 0 Å². The van der Waals surface area contributed by atoms with Crippen LogP contribution >= 0.6 is 0 Å². The topological polar surface area (TPSA) is 74.6 Å². The Morgan fingerprint density at radius 2 is 2.04 bits per heavy atom. The van der Waals surface area contributed by atoms with Gasteiger partial charge < -0.3 is 15.0 Å². The standard InChI is InChI=1S/C18H15N3O3/c1-20-8-7-11-9-13(5-6-15(11)20)19-14-4-2-3-12-10-21(18(23)24)17(22)16(12)14/h2-9,19H,10H2,1H3,(H,23,24). The lowest BCUT2D eigenvalue weighted by atomic mass is 10.1. The number of anilines is 2. The number of carbonyl (C=O) groups excluding carboxylic acids is 1. The summed E-state index contributed by atoms with van der Waals surface area (Å²) in [4.78, 5) is 24.4. The lowest BCUT2D eigenvalue weighted by Gasteiger charge is -2.11. The molecule has 0 radical (unpaired) electrons. The van der Waals surface area contributed by atoms with Gasteiger partial charge in [-0.1, -0.05) is 12.1 Å². The highest BCUT2D eigenvalue weighted by Gasteiger charge is 2.33. The maximum atomic E-state index is 12.4. The van der Waals surface area contributed by atoms with Gasteiger partial charge in [-0.25, -0.2) is 9.69 Å². The summed E-state index contributed by atoms with van der Waals surface area (Å²) < 4.78 is 2.04. The third-order valence-electron chi connectivity index (χ3n) is 4.33. The second kappa shape index (κ2) is 5.13. The molecule has 2 heterocycles. The summed E-state index contributed by atoms with van der Waals surface area (Å²) in [5, 5.41) is 13.5. The fourth-order valence-corrected chi connectivity index (χ4v) is 3.14. The first-order chi connectivity index (χ1) is 11.5. The highest BCUT2D eigenvalue weighted by atomic mass is 16.4. The van der Waals surface area contributed by atoms with Crippen LogP contribution in [0.4, 0.5) is 16.2 Å². The number of carbonyl (C=O) groups is 2. The van der Waals surface area contributed by atoms with E-state index in [9.17, 15) is 9.59 Å². The minimum atomic E-state index is -1.23. The summed E-state index contributed by atoms with van der Waals surface area (Å²) in [6.45, 7) is 0.0940. The molecule has 1 aromatic heterocycles. The van der Waals surface area contributed by atoms with Crippen LogP contribution in [0.2, 0.25) is 0 Å². The number of aromatic nitrogens is 1. The number of fused-ring (bicyclic) bond motifs is 2. The Kier molecular flexibility index (Phi) is 3.06. The molecule has 0 saturated heterocycles. The largest absolute Gasteiger partial charge is 0.465 e. The molecule has 0 atom stereocenters. The predicted molar refractivity (Wildman–Crippen MR) is 90.5 cm³/mol. The van der Waals surface area contributed by atoms with Crippen LogP contribution < -0.4 is 5.32 Å². The lowest BCUT2D eigenvalue weighted by molar-refractivity contribution is 0.0764. The predicted octanol–water partition coefficient (Wildman–Crippen LogP) is 3.56. The minimum Gasteiger partial charge on any atom is -0.465 e. The molecule has 0 fully saturated rings. The fourth-order valence-electron chi connectivity index (χ4n) is 3.14. The summed E-state index contributed by atoms with van der Waals surface area (Å²) in [5.41, 5.74) is 3.73. The van der Waals surface area contributed by atoms with Gasteiger partial charge in [-0.05, 0) is 35.9 Å². The second-order valence-corrected chi connectivity index (χ2v) is 5.84. The number of imide groups is 1. The van der Waals surface area contributed by atoms with Crippen LogP contribution in [-0.4, -0.2) is 26.6 Å². The van der Waals surface area contributed by atoms with Gasteiger partial charge in [0.1, 0.15) is 0 Å². The second-order valence-electron chi connectivity index (χ2n) is 5.84. The number of carboxylic acid groups (broad SMARTS) is 1. The van der Waals surface area contributed by atoms with Gasteiger partial charge in [-0.15, -0.1) is 0 Å². The molecule has 2 amide bonds. The molecule has 1 aliphatic rings. The van der Waals surface area contributed by atoms with E-state index in [0.717, 1.165) is 21.5 Å². The van der Waals surface area contributed by atoms with Gasteiger partial charge in [0.25, 0.3) is 5.91 Å². The van der Waals surface area contributed by atoms with Crippen molar-refractivity contribution in [2.45, 2.75) is 6.54 Å². The van der Waals surface area contributed by atoms with E-state index in [1.54, 1.807) is 12.1 Å². The molecule has 0 bridgehead atoms. The summed E-state index contributed by atoms with van der Waals surface area (Å²) in [6.07, 6.45) is 0.760. The van der Waals surface area contributed by atoms with Gasteiger partial charge in [0, 0.05) is 29.8 Å². The van der Waals surface area contributed by atoms with E-state index in [-0.39, 0.29) is 6.54 Å². The summed E-state index contributed by atoms with van der Waals surface area (Å²) in [7, 11) is 1.98. The van der Waals surface area contributed by atoms with Crippen molar-refractivity contribution in [2.75, 3.05) is 5.32 Å². The quantitative estimate of drug-likeness (QED) is 0.757. The first kappa shape index (κ1) is 14.3.